The highest BCUT2D eigenvalue weighted by Gasteiger charge is 2.25. The van der Waals surface area contributed by atoms with Crippen molar-refractivity contribution in [2.45, 2.75) is 31.7 Å². The van der Waals surface area contributed by atoms with E-state index in [0.717, 1.165) is 22.2 Å². The molecule has 142 valence electrons. The van der Waals surface area contributed by atoms with E-state index >= 15 is 0 Å². The summed E-state index contributed by atoms with van der Waals surface area (Å²) in [6, 6.07) is 15.7. The third kappa shape index (κ3) is 6.57. The third-order valence-corrected chi connectivity index (χ3v) is 4.88. The molecule has 5 nitrogen and oxygen atoms in total. The minimum atomic E-state index is -0.627. The van der Waals surface area contributed by atoms with Crippen molar-refractivity contribution in [2.24, 2.45) is 5.92 Å². The highest BCUT2D eigenvalue weighted by Crippen LogP contribution is 2.22. The van der Waals surface area contributed by atoms with Gasteiger partial charge in [-0.2, -0.15) is 0 Å². The monoisotopic (exact) mass is 384 g/mol. The maximum absolute atomic E-state index is 12.6. The minimum Gasteiger partial charge on any atom is -0.344 e. The zero-order valence-corrected chi connectivity index (χ0v) is 16.5. The molecule has 27 heavy (non-hydrogen) atoms. The number of nitrogens with one attached hydrogen (secondary N) is 2. The number of aryl methyl sites for hydroxylation is 1. The molecule has 2 amide bonds. The Morgan fingerprint density at radius 1 is 0.963 bits per heavy atom. The number of benzene rings is 2. The molecule has 0 aromatic heterocycles. The van der Waals surface area contributed by atoms with Gasteiger partial charge in [0.05, 0.1) is 6.54 Å². The van der Waals surface area contributed by atoms with Crippen LogP contribution >= 0.6 is 11.8 Å². The number of carbonyl (C=O) groups is 3. The van der Waals surface area contributed by atoms with Crippen molar-refractivity contribution in [3.63, 3.8) is 0 Å². The van der Waals surface area contributed by atoms with E-state index in [1.165, 1.54) is 0 Å². The average Bonchev–Trinajstić information content (AvgIpc) is 2.66. The summed E-state index contributed by atoms with van der Waals surface area (Å²) < 4.78 is 0. The zero-order valence-electron chi connectivity index (χ0n) is 15.7. The maximum Gasteiger partial charge on any atom is 0.251 e. The average molecular weight is 385 g/mol. The van der Waals surface area contributed by atoms with Gasteiger partial charge in [0.2, 0.25) is 11.0 Å². The number of rotatable bonds is 7. The molecular formula is C21H24N2O3S. The molecule has 2 N–H and O–H groups in total. The molecule has 2 aromatic rings. The molecule has 0 spiro atoms. The van der Waals surface area contributed by atoms with Gasteiger partial charge < -0.3 is 10.6 Å². The van der Waals surface area contributed by atoms with E-state index in [9.17, 15) is 14.4 Å². The van der Waals surface area contributed by atoms with Gasteiger partial charge >= 0.3 is 0 Å². The first-order chi connectivity index (χ1) is 12.9. The Labute approximate surface area is 163 Å². The van der Waals surface area contributed by atoms with Crippen LogP contribution in [0.25, 0.3) is 0 Å². The van der Waals surface area contributed by atoms with Crippen LogP contribution in [0.4, 0.5) is 0 Å². The summed E-state index contributed by atoms with van der Waals surface area (Å²) in [4.78, 5) is 37.6. The molecule has 0 unspecified atom stereocenters. The molecule has 0 aliphatic carbocycles. The number of amides is 2. The fourth-order valence-electron chi connectivity index (χ4n) is 2.36. The van der Waals surface area contributed by atoms with Crippen LogP contribution in [0.3, 0.4) is 0 Å². The Kier molecular flexibility index (Phi) is 7.61. The third-order valence-electron chi connectivity index (χ3n) is 3.92. The maximum atomic E-state index is 12.6. The first-order valence-corrected chi connectivity index (χ1v) is 9.59. The van der Waals surface area contributed by atoms with Crippen LogP contribution in [-0.2, 0) is 9.59 Å². The van der Waals surface area contributed by atoms with Crippen LogP contribution in [0.5, 0.6) is 0 Å². The quantitative estimate of drug-likeness (QED) is 0.719. The van der Waals surface area contributed by atoms with Crippen LogP contribution in [0.1, 0.15) is 29.8 Å². The zero-order chi connectivity index (χ0) is 19.8. The molecule has 0 radical (unpaired) electrons. The lowest BCUT2D eigenvalue weighted by Crippen LogP contribution is -2.47. The van der Waals surface area contributed by atoms with Crippen molar-refractivity contribution in [2.75, 3.05) is 6.54 Å². The lowest BCUT2D eigenvalue weighted by molar-refractivity contribution is -0.124. The largest absolute Gasteiger partial charge is 0.344 e. The minimum absolute atomic E-state index is 0.0655. The second kappa shape index (κ2) is 9.92. The molecule has 2 rings (SSSR count). The summed E-state index contributed by atoms with van der Waals surface area (Å²) in [6.07, 6.45) is 0. The summed E-state index contributed by atoms with van der Waals surface area (Å²) in [5.41, 5.74) is 1.60. The van der Waals surface area contributed by atoms with Gasteiger partial charge in [0.25, 0.3) is 5.91 Å². The highest BCUT2D eigenvalue weighted by atomic mass is 32.2. The van der Waals surface area contributed by atoms with Crippen molar-refractivity contribution in [1.82, 2.24) is 10.6 Å². The van der Waals surface area contributed by atoms with Gasteiger partial charge in [0.1, 0.15) is 6.04 Å². The van der Waals surface area contributed by atoms with E-state index < -0.39 is 11.9 Å². The standard InChI is InChI=1S/C21H24N2O3S/c1-14(2)19(21(26)27-17-11-9-15(3)10-12-17)23-18(24)13-22-20(25)16-7-5-4-6-8-16/h4-12,14,19H,13H2,1-3H3,(H,22,25)(H,23,24)/t19-/m0/s1. The second-order valence-electron chi connectivity index (χ2n) is 6.57. The fourth-order valence-corrected chi connectivity index (χ4v) is 3.32. The van der Waals surface area contributed by atoms with Crippen LogP contribution in [0.2, 0.25) is 0 Å². The fraction of sp³-hybridized carbons (Fsp3) is 0.286. The van der Waals surface area contributed by atoms with Crippen LogP contribution < -0.4 is 10.6 Å². The summed E-state index contributed by atoms with van der Waals surface area (Å²) in [5, 5.41) is 5.17. The van der Waals surface area contributed by atoms with E-state index in [0.29, 0.717) is 5.56 Å². The molecule has 0 fully saturated rings. The van der Waals surface area contributed by atoms with Gasteiger partial charge in [0.15, 0.2) is 0 Å². The van der Waals surface area contributed by atoms with Gasteiger partial charge in [-0.15, -0.1) is 0 Å². The summed E-state index contributed by atoms with van der Waals surface area (Å²) in [6.45, 7) is 5.55. The molecule has 0 heterocycles. The van der Waals surface area contributed by atoms with Crippen molar-refractivity contribution in [1.29, 1.82) is 0 Å². The first-order valence-electron chi connectivity index (χ1n) is 8.78. The first kappa shape index (κ1) is 20.7. The van der Waals surface area contributed by atoms with E-state index in [1.54, 1.807) is 24.3 Å². The normalized spacial score (nSPS) is 11.7. The van der Waals surface area contributed by atoms with Crippen molar-refractivity contribution < 1.29 is 14.4 Å². The van der Waals surface area contributed by atoms with Gasteiger partial charge in [-0.25, -0.2) is 0 Å². The molecule has 6 heteroatoms. The number of hydrogen-bond donors (Lipinski definition) is 2. The van der Waals surface area contributed by atoms with E-state index in [2.05, 4.69) is 10.6 Å². The summed E-state index contributed by atoms with van der Waals surface area (Å²) in [7, 11) is 0. The molecule has 0 bridgehead atoms. The number of hydrogen-bond acceptors (Lipinski definition) is 4. The topological polar surface area (TPSA) is 75.3 Å². The van der Waals surface area contributed by atoms with E-state index in [-0.39, 0.29) is 23.5 Å². The van der Waals surface area contributed by atoms with Crippen LogP contribution in [0.15, 0.2) is 59.5 Å². The van der Waals surface area contributed by atoms with Crippen LogP contribution in [-0.4, -0.2) is 29.5 Å². The predicted octanol–water partition coefficient (Wildman–Crippen LogP) is 3.18. The Hall–Kier alpha value is -2.60. The lowest BCUT2D eigenvalue weighted by Gasteiger charge is -2.21. The SMILES string of the molecule is Cc1ccc(SC(=O)[C@@H](NC(=O)CNC(=O)c2ccccc2)C(C)C)cc1. The molecule has 0 saturated carbocycles. The molecule has 0 saturated heterocycles. The van der Waals surface area contributed by atoms with Gasteiger partial charge in [-0.1, -0.05) is 49.7 Å². The Morgan fingerprint density at radius 2 is 1.59 bits per heavy atom. The second-order valence-corrected chi connectivity index (χ2v) is 7.65. The lowest BCUT2D eigenvalue weighted by atomic mass is 10.1. The molecule has 1 atom stereocenters. The van der Waals surface area contributed by atoms with Crippen molar-refractivity contribution in [3.8, 4) is 0 Å². The predicted molar refractivity (Wildman–Crippen MR) is 108 cm³/mol. The summed E-state index contributed by atoms with van der Waals surface area (Å²) >= 11 is 1.11. The Bertz CT molecular complexity index is 789. The van der Waals surface area contributed by atoms with Gasteiger partial charge in [-0.3, -0.25) is 14.4 Å². The Morgan fingerprint density at radius 3 is 2.19 bits per heavy atom. The highest BCUT2D eigenvalue weighted by molar-refractivity contribution is 8.13. The number of thioether (sulfide) groups is 1. The van der Waals surface area contributed by atoms with Crippen LogP contribution in [0, 0.1) is 12.8 Å². The molecular weight excluding hydrogens is 360 g/mol. The summed E-state index contributed by atoms with van der Waals surface area (Å²) in [5.74, 6) is -0.785. The van der Waals surface area contributed by atoms with Gasteiger partial charge in [0, 0.05) is 10.5 Å². The molecule has 2 aromatic carbocycles. The van der Waals surface area contributed by atoms with E-state index in [4.69, 9.17) is 0 Å². The van der Waals surface area contributed by atoms with E-state index in [1.807, 2.05) is 51.1 Å². The number of carbonyl (C=O) groups excluding carboxylic acids is 3. The van der Waals surface area contributed by atoms with Crippen molar-refractivity contribution >= 4 is 28.7 Å². The Balaban J connectivity index is 1.90. The van der Waals surface area contributed by atoms with Gasteiger partial charge in [-0.05, 0) is 48.9 Å². The molecule has 0 aliphatic heterocycles. The smallest absolute Gasteiger partial charge is 0.251 e. The van der Waals surface area contributed by atoms with Crippen molar-refractivity contribution in [3.05, 3.63) is 65.7 Å². The molecule has 0 aliphatic rings.